The van der Waals surface area contributed by atoms with Gasteiger partial charge in [-0.05, 0) is 18.4 Å². The number of thioether (sulfide) groups is 1. The van der Waals surface area contributed by atoms with E-state index in [2.05, 4.69) is 32.7 Å². The Morgan fingerprint density at radius 1 is 1.39 bits per heavy atom. The van der Waals surface area contributed by atoms with Crippen LogP contribution in [-0.4, -0.2) is 69.5 Å². The molecule has 0 unspecified atom stereocenters. The number of rotatable bonds is 7. The van der Waals surface area contributed by atoms with Crippen LogP contribution in [0.15, 0.2) is 22.7 Å². The largest absolute Gasteiger partial charge is 0.391 e. The Kier molecular flexibility index (Phi) is 6.07. The van der Waals surface area contributed by atoms with Gasteiger partial charge in [-0.25, -0.2) is 0 Å². The number of nitrogens with zero attached hydrogens (tertiary/aromatic N) is 4. The van der Waals surface area contributed by atoms with Crippen LogP contribution in [0.25, 0.3) is 10.7 Å². The number of aliphatic hydroxyl groups is 1. The van der Waals surface area contributed by atoms with Gasteiger partial charge in [-0.15, -0.1) is 21.5 Å². The predicted molar refractivity (Wildman–Crippen MR) is 93.0 cm³/mol. The van der Waals surface area contributed by atoms with E-state index in [9.17, 15) is 5.11 Å². The van der Waals surface area contributed by atoms with Crippen molar-refractivity contribution in [3.05, 3.63) is 17.5 Å². The zero-order chi connectivity index (χ0) is 16.1. The Labute approximate surface area is 144 Å². The Bertz CT molecular complexity index is 597. The standard InChI is InChI=1S/C15H22N4O2S2/c1-2-19-14(13-4-3-9-22-13)16-17-15(19)23-11-12(20)10-18-5-7-21-8-6-18/h3-4,9,12,20H,2,5-8,10-11H2,1H3/t12-/m0/s1. The summed E-state index contributed by atoms with van der Waals surface area (Å²) in [4.78, 5) is 3.37. The van der Waals surface area contributed by atoms with Gasteiger partial charge in [0.25, 0.3) is 0 Å². The maximum atomic E-state index is 10.3. The first-order valence-electron chi connectivity index (χ1n) is 7.86. The summed E-state index contributed by atoms with van der Waals surface area (Å²) in [6.07, 6.45) is -0.370. The second-order valence-corrected chi connectivity index (χ2v) is 7.34. The summed E-state index contributed by atoms with van der Waals surface area (Å²) in [5.74, 6) is 1.53. The number of thiophene rings is 1. The molecule has 3 heterocycles. The molecule has 23 heavy (non-hydrogen) atoms. The van der Waals surface area contributed by atoms with Crippen LogP contribution < -0.4 is 0 Å². The first-order chi connectivity index (χ1) is 11.3. The first kappa shape index (κ1) is 16.9. The van der Waals surface area contributed by atoms with Crippen LogP contribution in [0.5, 0.6) is 0 Å². The molecule has 8 heteroatoms. The van der Waals surface area contributed by atoms with Gasteiger partial charge in [0.2, 0.25) is 0 Å². The van der Waals surface area contributed by atoms with Crippen LogP contribution in [0.2, 0.25) is 0 Å². The molecular formula is C15H22N4O2S2. The fraction of sp³-hybridized carbons (Fsp3) is 0.600. The summed E-state index contributed by atoms with van der Waals surface area (Å²) in [7, 11) is 0. The van der Waals surface area contributed by atoms with Crippen LogP contribution in [0.3, 0.4) is 0 Å². The molecule has 1 atom stereocenters. The molecule has 1 aliphatic rings. The Morgan fingerprint density at radius 3 is 2.91 bits per heavy atom. The molecular weight excluding hydrogens is 332 g/mol. The lowest BCUT2D eigenvalue weighted by Crippen LogP contribution is -2.41. The minimum absolute atomic E-state index is 0.370. The number of hydrogen-bond donors (Lipinski definition) is 1. The lowest BCUT2D eigenvalue weighted by Gasteiger charge is -2.28. The van der Waals surface area contributed by atoms with Crippen LogP contribution in [0, 0.1) is 0 Å². The normalized spacial score (nSPS) is 17.5. The van der Waals surface area contributed by atoms with Crippen LogP contribution in [-0.2, 0) is 11.3 Å². The van der Waals surface area contributed by atoms with Gasteiger partial charge in [-0.1, -0.05) is 17.8 Å². The molecule has 0 spiro atoms. The summed E-state index contributed by atoms with van der Waals surface area (Å²) < 4.78 is 7.44. The molecule has 6 nitrogen and oxygen atoms in total. The van der Waals surface area contributed by atoms with Crippen molar-refractivity contribution in [2.24, 2.45) is 0 Å². The van der Waals surface area contributed by atoms with E-state index < -0.39 is 0 Å². The van der Waals surface area contributed by atoms with Crippen molar-refractivity contribution in [3.63, 3.8) is 0 Å². The molecule has 1 N–H and O–H groups in total. The molecule has 126 valence electrons. The topological polar surface area (TPSA) is 63.4 Å². The van der Waals surface area contributed by atoms with Gasteiger partial charge >= 0.3 is 0 Å². The lowest BCUT2D eigenvalue weighted by molar-refractivity contribution is 0.0188. The average Bonchev–Trinajstić information content (AvgIpc) is 3.22. The minimum Gasteiger partial charge on any atom is -0.391 e. The van der Waals surface area contributed by atoms with Crippen LogP contribution in [0.4, 0.5) is 0 Å². The summed E-state index contributed by atoms with van der Waals surface area (Å²) >= 11 is 3.24. The molecule has 2 aromatic heterocycles. The number of aliphatic hydroxyl groups excluding tert-OH is 1. The third-order valence-electron chi connectivity index (χ3n) is 3.75. The molecule has 0 aromatic carbocycles. The van der Waals surface area contributed by atoms with E-state index in [1.165, 1.54) is 0 Å². The van der Waals surface area contributed by atoms with Gasteiger partial charge in [0.15, 0.2) is 11.0 Å². The number of morpholine rings is 1. The highest BCUT2D eigenvalue weighted by Crippen LogP contribution is 2.27. The summed E-state index contributed by atoms with van der Waals surface area (Å²) in [5.41, 5.74) is 0. The van der Waals surface area contributed by atoms with Crippen molar-refractivity contribution in [3.8, 4) is 10.7 Å². The molecule has 1 fully saturated rings. The molecule has 0 saturated carbocycles. The maximum absolute atomic E-state index is 10.3. The zero-order valence-electron chi connectivity index (χ0n) is 13.2. The summed E-state index contributed by atoms with van der Waals surface area (Å²) in [5, 5.41) is 21.8. The molecule has 1 aliphatic heterocycles. The van der Waals surface area contributed by atoms with Gasteiger partial charge in [-0.2, -0.15) is 0 Å². The van der Waals surface area contributed by atoms with Crippen LogP contribution >= 0.6 is 23.1 Å². The van der Waals surface area contributed by atoms with Gasteiger partial charge in [0, 0.05) is 31.9 Å². The van der Waals surface area contributed by atoms with Crippen molar-refractivity contribution in [2.45, 2.75) is 24.7 Å². The van der Waals surface area contributed by atoms with E-state index in [1.54, 1.807) is 23.1 Å². The van der Waals surface area contributed by atoms with Crippen LogP contribution in [0.1, 0.15) is 6.92 Å². The SMILES string of the molecule is CCn1c(SC[C@@H](O)CN2CCOCC2)nnc1-c1cccs1. The highest BCUT2D eigenvalue weighted by atomic mass is 32.2. The molecule has 0 radical (unpaired) electrons. The van der Waals surface area contributed by atoms with E-state index in [4.69, 9.17) is 4.74 Å². The van der Waals surface area contributed by atoms with E-state index in [-0.39, 0.29) is 6.10 Å². The van der Waals surface area contributed by atoms with Gasteiger partial charge < -0.3 is 14.4 Å². The Morgan fingerprint density at radius 2 is 2.22 bits per heavy atom. The second kappa shape index (κ2) is 8.25. The van der Waals surface area contributed by atoms with E-state index in [0.717, 1.165) is 48.7 Å². The quantitative estimate of drug-likeness (QED) is 0.765. The average molecular weight is 355 g/mol. The van der Waals surface area contributed by atoms with Crippen molar-refractivity contribution in [2.75, 3.05) is 38.6 Å². The van der Waals surface area contributed by atoms with E-state index >= 15 is 0 Å². The van der Waals surface area contributed by atoms with Gasteiger partial charge in [-0.3, -0.25) is 4.90 Å². The number of hydrogen-bond acceptors (Lipinski definition) is 7. The maximum Gasteiger partial charge on any atom is 0.191 e. The van der Waals surface area contributed by atoms with E-state index in [1.807, 2.05) is 11.4 Å². The van der Waals surface area contributed by atoms with Crippen molar-refractivity contribution in [1.29, 1.82) is 0 Å². The molecule has 2 aromatic rings. The summed E-state index contributed by atoms with van der Waals surface area (Å²) in [6, 6.07) is 4.08. The van der Waals surface area contributed by atoms with Crippen molar-refractivity contribution >= 4 is 23.1 Å². The van der Waals surface area contributed by atoms with E-state index in [0.29, 0.717) is 12.3 Å². The Hall–Kier alpha value is -0.930. The smallest absolute Gasteiger partial charge is 0.191 e. The van der Waals surface area contributed by atoms with Gasteiger partial charge in [0.05, 0.1) is 24.2 Å². The highest BCUT2D eigenvalue weighted by molar-refractivity contribution is 7.99. The minimum atomic E-state index is -0.370. The molecule has 1 saturated heterocycles. The number of β-amino-alcohol motifs (C(OH)–C–C–N with tert-alkyl or cyclic N) is 1. The number of aromatic nitrogens is 3. The lowest BCUT2D eigenvalue weighted by atomic mass is 10.3. The summed E-state index contributed by atoms with van der Waals surface area (Å²) in [6.45, 7) is 6.92. The fourth-order valence-corrected chi connectivity index (χ4v) is 4.21. The van der Waals surface area contributed by atoms with Crippen molar-refractivity contribution < 1.29 is 9.84 Å². The second-order valence-electron chi connectivity index (χ2n) is 5.41. The van der Waals surface area contributed by atoms with Gasteiger partial charge in [0.1, 0.15) is 0 Å². The highest BCUT2D eigenvalue weighted by Gasteiger charge is 2.18. The molecule has 3 rings (SSSR count). The molecule has 0 aliphatic carbocycles. The fourth-order valence-electron chi connectivity index (χ4n) is 2.57. The molecule has 0 bridgehead atoms. The Balaban J connectivity index is 1.57. The number of ether oxygens (including phenoxy) is 1. The molecule has 0 amide bonds. The zero-order valence-corrected chi connectivity index (χ0v) is 14.9. The first-order valence-corrected chi connectivity index (χ1v) is 9.72. The predicted octanol–water partition coefficient (Wildman–Crippen LogP) is 1.81. The third-order valence-corrected chi connectivity index (χ3v) is 5.73. The third kappa shape index (κ3) is 4.33. The monoisotopic (exact) mass is 354 g/mol. The van der Waals surface area contributed by atoms with Crippen molar-refractivity contribution in [1.82, 2.24) is 19.7 Å².